The zero-order valence-corrected chi connectivity index (χ0v) is 32.9. The van der Waals surface area contributed by atoms with Crippen LogP contribution in [0.1, 0.15) is 101 Å². The molecule has 2 saturated carbocycles. The third-order valence-corrected chi connectivity index (χ3v) is 16.3. The summed E-state index contributed by atoms with van der Waals surface area (Å²) < 4.78 is 16.9. The maximum atomic E-state index is 7.24. The van der Waals surface area contributed by atoms with Crippen molar-refractivity contribution in [2.24, 2.45) is 0 Å². The standard InChI is InChI=1S/C52H46BNO2/c1-49-17-21-51(3,22-18-49)37-29-44-39(27-35(37)49)53-40-28-36-38(52(4)23-19-50(36,2)20-24-52)30-45(40)56-47-26-31(25-46(55-44)48(47)53)32-11-5-8-14-41(32)54-42-15-9-6-12-33(42)34-13-7-10-16-43(34)54/h5-16,25-30H,17-24H2,1-4H3. The van der Waals surface area contributed by atoms with E-state index in [2.05, 4.69) is 141 Å². The summed E-state index contributed by atoms with van der Waals surface area (Å²) in [6.07, 6.45) is 10.1. The molecule has 0 N–H and O–H groups in total. The van der Waals surface area contributed by atoms with Crippen LogP contribution in [0.5, 0.6) is 23.0 Å². The summed E-state index contributed by atoms with van der Waals surface area (Å²) in [6.45, 7) is 10.1. The first-order chi connectivity index (χ1) is 27.1. The number of fused-ring (bicyclic) bond motifs is 11. The van der Waals surface area contributed by atoms with E-state index in [4.69, 9.17) is 9.47 Å². The van der Waals surface area contributed by atoms with Crippen LogP contribution in [0.15, 0.2) is 109 Å². The molecule has 3 nitrogen and oxygen atoms in total. The number of nitrogens with zero attached hydrogens (tertiary/aromatic N) is 1. The number of para-hydroxylation sites is 3. The van der Waals surface area contributed by atoms with Crippen molar-refractivity contribution >= 4 is 44.9 Å². The monoisotopic (exact) mass is 727 g/mol. The second-order valence-electron chi connectivity index (χ2n) is 19.5. The molecule has 0 unspecified atom stereocenters. The van der Waals surface area contributed by atoms with Gasteiger partial charge in [-0.2, -0.15) is 0 Å². The third kappa shape index (κ3) is 3.96. The van der Waals surface area contributed by atoms with E-state index >= 15 is 0 Å². The number of aromatic nitrogens is 1. The largest absolute Gasteiger partial charge is 0.458 e. The highest BCUT2D eigenvalue weighted by Crippen LogP contribution is 2.59. The van der Waals surface area contributed by atoms with E-state index in [1.165, 1.54) is 101 Å². The molecule has 0 radical (unpaired) electrons. The molecule has 6 aliphatic carbocycles. The van der Waals surface area contributed by atoms with Crippen molar-refractivity contribution in [2.45, 2.75) is 101 Å². The summed E-state index contributed by atoms with van der Waals surface area (Å²) in [5.74, 6) is 3.91. The fraction of sp³-hybridized carbons (Fsp3) is 0.308. The first-order valence-electron chi connectivity index (χ1n) is 21.1. The Bertz CT molecular complexity index is 2730. The van der Waals surface area contributed by atoms with E-state index in [0.29, 0.717) is 0 Å². The highest BCUT2D eigenvalue weighted by Gasteiger charge is 2.52. The van der Waals surface area contributed by atoms with Crippen molar-refractivity contribution in [1.82, 2.24) is 4.57 Å². The zero-order valence-electron chi connectivity index (χ0n) is 32.9. The third-order valence-electron chi connectivity index (χ3n) is 16.3. The minimum Gasteiger partial charge on any atom is -0.458 e. The van der Waals surface area contributed by atoms with E-state index in [1.54, 1.807) is 11.1 Å². The van der Waals surface area contributed by atoms with Gasteiger partial charge in [-0.15, -0.1) is 0 Å². The highest BCUT2D eigenvalue weighted by molar-refractivity contribution is 6.98. The fourth-order valence-corrected chi connectivity index (χ4v) is 12.6. The molecule has 0 spiro atoms. The Morgan fingerprint density at radius 2 is 0.875 bits per heavy atom. The van der Waals surface area contributed by atoms with Gasteiger partial charge in [-0.05, 0) is 154 Å². The molecule has 15 rings (SSSR count). The van der Waals surface area contributed by atoms with Gasteiger partial charge in [0.05, 0.1) is 16.7 Å². The second-order valence-corrected chi connectivity index (χ2v) is 19.5. The molecule has 274 valence electrons. The van der Waals surface area contributed by atoms with Gasteiger partial charge in [0.25, 0.3) is 6.71 Å². The van der Waals surface area contributed by atoms with Gasteiger partial charge >= 0.3 is 0 Å². The predicted molar refractivity (Wildman–Crippen MR) is 230 cm³/mol. The van der Waals surface area contributed by atoms with Crippen molar-refractivity contribution < 1.29 is 9.47 Å². The average molecular weight is 728 g/mol. The van der Waals surface area contributed by atoms with Crippen LogP contribution in [0.2, 0.25) is 0 Å². The number of benzene rings is 6. The van der Waals surface area contributed by atoms with Gasteiger partial charge < -0.3 is 14.0 Å². The molecule has 0 amide bonds. The van der Waals surface area contributed by atoms with Gasteiger partial charge in [0.1, 0.15) is 23.0 Å². The summed E-state index contributed by atoms with van der Waals surface area (Å²) >= 11 is 0. The normalized spacial score (nSPS) is 27.2. The molecule has 7 aromatic rings. The van der Waals surface area contributed by atoms with E-state index in [9.17, 15) is 0 Å². The summed E-state index contributed by atoms with van der Waals surface area (Å²) in [5.41, 5.74) is 16.6. The maximum Gasteiger partial charge on any atom is 0.260 e. The maximum absolute atomic E-state index is 7.24. The Morgan fingerprint density at radius 3 is 1.36 bits per heavy atom. The Labute approximate surface area is 329 Å². The topological polar surface area (TPSA) is 23.4 Å². The smallest absolute Gasteiger partial charge is 0.260 e. The van der Waals surface area contributed by atoms with Crippen LogP contribution >= 0.6 is 0 Å². The van der Waals surface area contributed by atoms with Crippen molar-refractivity contribution in [2.75, 3.05) is 0 Å². The molecule has 1 aromatic heterocycles. The van der Waals surface area contributed by atoms with Crippen LogP contribution in [-0.4, -0.2) is 11.3 Å². The molecular weight excluding hydrogens is 681 g/mol. The van der Waals surface area contributed by atoms with Gasteiger partial charge in [0.2, 0.25) is 0 Å². The number of hydrogen-bond donors (Lipinski definition) is 0. The second kappa shape index (κ2) is 10.4. The summed E-state index contributed by atoms with van der Waals surface area (Å²) in [6, 6.07) is 41.2. The molecule has 8 aliphatic rings. The van der Waals surface area contributed by atoms with Crippen LogP contribution in [0.25, 0.3) is 38.6 Å². The van der Waals surface area contributed by atoms with E-state index in [-0.39, 0.29) is 28.4 Å². The van der Waals surface area contributed by atoms with Crippen molar-refractivity contribution in [3.63, 3.8) is 0 Å². The van der Waals surface area contributed by atoms with Gasteiger partial charge in [0.15, 0.2) is 0 Å². The van der Waals surface area contributed by atoms with Crippen LogP contribution in [0.4, 0.5) is 0 Å². The van der Waals surface area contributed by atoms with Crippen molar-refractivity contribution in [3.8, 4) is 39.8 Å². The molecule has 3 heterocycles. The predicted octanol–water partition coefficient (Wildman–Crippen LogP) is 11.4. The lowest BCUT2D eigenvalue weighted by Crippen LogP contribution is -2.59. The van der Waals surface area contributed by atoms with Crippen LogP contribution in [0.3, 0.4) is 0 Å². The molecule has 56 heavy (non-hydrogen) atoms. The molecule has 4 bridgehead atoms. The average Bonchev–Trinajstić information content (AvgIpc) is 3.55. The Morgan fingerprint density at radius 1 is 0.464 bits per heavy atom. The highest BCUT2D eigenvalue weighted by atomic mass is 16.5. The molecule has 2 fully saturated rings. The van der Waals surface area contributed by atoms with Crippen molar-refractivity contribution in [1.29, 1.82) is 0 Å². The molecule has 6 aromatic carbocycles. The Kier molecular flexibility index (Phi) is 5.92. The Balaban J connectivity index is 1.06. The van der Waals surface area contributed by atoms with Crippen LogP contribution in [-0.2, 0) is 21.7 Å². The first kappa shape index (κ1) is 31.9. The number of ether oxygens (including phenoxy) is 2. The molecule has 0 saturated heterocycles. The SMILES string of the molecule is CC12CCC(C)(CC1)c1cc3c(cc12)Oc1cc(-c2ccccc2-n2c4ccccc4c4ccccc42)cc2c1B3c1cc3c(cc1O2)C1(C)CCC3(C)CC1. The van der Waals surface area contributed by atoms with Crippen LogP contribution < -0.4 is 25.9 Å². The number of hydrogen-bond acceptors (Lipinski definition) is 2. The first-order valence-corrected chi connectivity index (χ1v) is 21.1. The van der Waals surface area contributed by atoms with E-state index < -0.39 is 0 Å². The van der Waals surface area contributed by atoms with Gasteiger partial charge in [-0.1, -0.05) is 94.4 Å². The summed E-state index contributed by atoms with van der Waals surface area (Å²) in [7, 11) is 0. The minimum absolute atomic E-state index is 0.0541. The molecule has 2 aliphatic heterocycles. The van der Waals surface area contributed by atoms with E-state index in [1.807, 2.05) is 0 Å². The lowest BCUT2D eigenvalue weighted by Gasteiger charge is -2.53. The van der Waals surface area contributed by atoms with Gasteiger partial charge in [-0.25, -0.2) is 0 Å². The summed E-state index contributed by atoms with van der Waals surface area (Å²) in [4.78, 5) is 0. The van der Waals surface area contributed by atoms with E-state index in [0.717, 1.165) is 39.8 Å². The fourth-order valence-electron chi connectivity index (χ4n) is 12.6. The minimum atomic E-state index is 0.0541. The van der Waals surface area contributed by atoms with Gasteiger partial charge in [0, 0.05) is 21.8 Å². The summed E-state index contributed by atoms with van der Waals surface area (Å²) in [5, 5.41) is 2.53. The lowest BCUT2D eigenvalue weighted by atomic mass is 9.33. The quantitative estimate of drug-likeness (QED) is 0.166. The van der Waals surface area contributed by atoms with Crippen LogP contribution in [0, 0.1) is 0 Å². The lowest BCUT2D eigenvalue weighted by molar-refractivity contribution is 0.187. The zero-order chi connectivity index (χ0) is 37.3. The van der Waals surface area contributed by atoms with Gasteiger partial charge in [-0.3, -0.25) is 0 Å². The molecule has 0 atom stereocenters. The Hall–Kier alpha value is -5.22. The number of rotatable bonds is 2. The van der Waals surface area contributed by atoms with Crippen molar-refractivity contribution in [3.05, 3.63) is 131 Å². The molecule has 4 heteroatoms. The molecular formula is C52H46BNO2.